The van der Waals surface area contributed by atoms with Crippen molar-refractivity contribution < 1.29 is 9.90 Å². The third-order valence-electron chi connectivity index (χ3n) is 3.20. The van der Waals surface area contributed by atoms with Crippen molar-refractivity contribution in [1.82, 2.24) is 4.98 Å². The van der Waals surface area contributed by atoms with Crippen molar-refractivity contribution >= 4 is 5.97 Å². The van der Waals surface area contributed by atoms with E-state index in [2.05, 4.69) is 4.98 Å². The summed E-state index contributed by atoms with van der Waals surface area (Å²) in [6.45, 7) is 7.83. The van der Waals surface area contributed by atoms with E-state index in [1.807, 2.05) is 58.0 Å². The third kappa shape index (κ3) is 2.72. The van der Waals surface area contributed by atoms with Gasteiger partial charge in [-0.15, -0.1) is 0 Å². The minimum atomic E-state index is -0.926. The molecule has 0 bridgehead atoms. The van der Waals surface area contributed by atoms with Crippen LogP contribution in [-0.4, -0.2) is 16.1 Å². The fraction of sp³-hybridized carbons (Fsp3) is 0.294. The van der Waals surface area contributed by atoms with E-state index in [1.54, 1.807) is 6.07 Å². The summed E-state index contributed by atoms with van der Waals surface area (Å²) in [6, 6.07) is 11.6. The molecule has 0 spiro atoms. The topological polar surface area (TPSA) is 50.2 Å². The van der Waals surface area contributed by atoms with Gasteiger partial charge in [-0.05, 0) is 18.6 Å². The number of pyridine rings is 1. The highest BCUT2D eigenvalue weighted by Crippen LogP contribution is 2.30. The predicted octanol–water partition coefficient (Wildman–Crippen LogP) is 4.05. The molecular formula is C17H19NO2. The summed E-state index contributed by atoms with van der Waals surface area (Å²) >= 11 is 0. The molecule has 0 aliphatic carbocycles. The van der Waals surface area contributed by atoms with Crippen molar-refractivity contribution in [2.45, 2.75) is 33.1 Å². The van der Waals surface area contributed by atoms with Gasteiger partial charge in [-0.1, -0.05) is 51.1 Å². The summed E-state index contributed by atoms with van der Waals surface area (Å²) in [7, 11) is 0. The molecule has 1 N–H and O–H groups in total. The zero-order chi connectivity index (χ0) is 14.9. The second kappa shape index (κ2) is 5.08. The fourth-order valence-corrected chi connectivity index (χ4v) is 2.24. The summed E-state index contributed by atoms with van der Waals surface area (Å²) in [4.78, 5) is 16.1. The molecule has 0 saturated carbocycles. The molecule has 0 radical (unpaired) electrons. The number of aromatic nitrogens is 1. The Morgan fingerprint density at radius 1 is 1.15 bits per heavy atom. The zero-order valence-corrected chi connectivity index (χ0v) is 12.3. The number of rotatable bonds is 2. The van der Waals surface area contributed by atoms with Gasteiger partial charge in [0.15, 0.2) is 0 Å². The highest BCUT2D eigenvalue weighted by atomic mass is 16.4. The molecule has 0 aliphatic rings. The van der Waals surface area contributed by atoms with E-state index in [4.69, 9.17) is 0 Å². The SMILES string of the molecule is Cc1cc(C(=O)O)c(C(C)(C)C)nc1-c1ccccc1. The maximum Gasteiger partial charge on any atom is 0.337 e. The molecule has 3 heteroatoms. The number of hydrogen-bond donors (Lipinski definition) is 1. The van der Waals surface area contributed by atoms with Gasteiger partial charge >= 0.3 is 5.97 Å². The molecule has 2 rings (SSSR count). The average molecular weight is 269 g/mol. The lowest BCUT2D eigenvalue weighted by atomic mass is 9.87. The summed E-state index contributed by atoms with van der Waals surface area (Å²) in [5.41, 5.74) is 3.32. The first-order valence-electron chi connectivity index (χ1n) is 6.61. The van der Waals surface area contributed by atoms with E-state index in [-0.39, 0.29) is 11.0 Å². The van der Waals surface area contributed by atoms with Crippen LogP contribution in [0.1, 0.15) is 42.4 Å². The number of nitrogens with zero attached hydrogens (tertiary/aromatic N) is 1. The quantitative estimate of drug-likeness (QED) is 0.894. The van der Waals surface area contributed by atoms with Crippen LogP contribution in [0.5, 0.6) is 0 Å². The number of aromatic carboxylic acids is 1. The molecule has 0 aliphatic heterocycles. The van der Waals surface area contributed by atoms with E-state index >= 15 is 0 Å². The van der Waals surface area contributed by atoms with Crippen molar-refractivity contribution in [3.8, 4) is 11.3 Å². The van der Waals surface area contributed by atoms with Gasteiger partial charge in [-0.3, -0.25) is 4.98 Å². The lowest BCUT2D eigenvalue weighted by Gasteiger charge is -2.22. The molecule has 0 unspecified atom stereocenters. The smallest absolute Gasteiger partial charge is 0.337 e. The van der Waals surface area contributed by atoms with Crippen molar-refractivity contribution in [1.29, 1.82) is 0 Å². The van der Waals surface area contributed by atoms with Crippen LogP contribution >= 0.6 is 0 Å². The Kier molecular flexibility index (Phi) is 3.62. The van der Waals surface area contributed by atoms with Crippen LogP contribution in [0.4, 0.5) is 0 Å². The predicted molar refractivity (Wildman–Crippen MR) is 80.1 cm³/mol. The summed E-state index contributed by atoms with van der Waals surface area (Å²) in [5.74, 6) is -0.926. The molecule has 0 atom stereocenters. The minimum absolute atomic E-state index is 0.287. The van der Waals surface area contributed by atoms with Crippen molar-refractivity contribution in [2.24, 2.45) is 0 Å². The van der Waals surface area contributed by atoms with Crippen molar-refractivity contribution in [3.63, 3.8) is 0 Å². The number of carbonyl (C=O) groups is 1. The van der Waals surface area contributed by atoms with Crippen LogP contribution in [0.2, 0.25) is 0 Å². The number of carboxylic acids is 1. The van der Waals surface area contributed by atoms with E-state index in [0.29, 0.717) is 5.69 Å². The minimum Gasteiger partial charge on any atom is -0.478 e. The van der Waals surface area contributed by atoms with Crippen LogP contribution in [0.3, 0.4) is 0 Å². The largest absolute Gasteiger partial charge is 0.478 e. The monoisotopic (exact) mass is 269 g/mol. The van der Waals surface area contributed by atoms with Crippen LogP contribution < -0.4 is 0 Å². The number of benzene rings is 1. The number of hydrogen-bond acceptors (Lipinski definition) is 2. The lowest BCUT2D eigenvalue weighted by molar-refractivity contribution is 0.0693. The standard InChI is InChI=1S/C17H19NO2/c1-11-10-13(16(19)20)15(17(2,3)4)18-14(11)12-8-6-5-7-9-12/h5-10H,1-4H3,(H,19,20). The molecule has 0 saturated heterocycles. The highest BCUT2D eigenvalue weighted by molar-refractivity contribution is 5.90. The first kappa shape index (κ1) is 14.3. The lowest BCUT2D eigenvalue weighted by Crippen LogP contribution is -2.20. The molecule has 0 amide bonds. The van der Waals surface area contributed by atoms with Crippen LogP contribution in [-0.2, 0) is 5.41 Å². The van der Waals surface area contributed by atoms with Crippen LogP contribution in [0, 0.1) is 6.92 Å². The summed E-state index contributed by atoms with van der Waals surface area (Å²) < 4.78 is 0. The molecule has 2 aromatic rings. The third-order valence-corrected chi connectivity index (χ3v) is 3.20. The Labute approximate surface area is 119 Å². The number of aryl methyl sites for hydroxylation is 1. The van der Waals surface area contributed by atoms with Crippen molar-refractivity contribution in [3.05, 3.63) is 53.2 Å². The molecule has 1 aromatic carbocycles. The second-order valence-electron chi connectivity index (χ2n) is 5.97. The average Bonchev–Trinajstić information content (AvgIpc) is 2.38. The maximum atomic E-state index is 11.4. The van der Waals surface area contributed by atoms with Crippen LogP contribution in [0.25, 0.3) is 11.3 Å². The summed E-state index contributed by atoms with van der Waals surface area (Å²) in [5, 5.41) is 9.37. The van der Waals surface area contributed by atoms with Gasteiger partial charge in [-0.25, -0.2) is 4.79 Å². The van der Waals surface area contributed by atoms with E-state index in [1.165, 1.54) is 0 Å². The van der Waals surface area contributed by atoms with Crippen LogP contribution in [0.15, 0.2) is 36.4 Å². The molecular weight excluding hydrogens is 250 g/mol. The fourth-order valence-electron chi connectivity index (χ4n) is 2.24. The van der Waals surface area contributed by atoms with Gasteiger partial charge in [0.2, 0.25) is 0 Å². The normalized spacial score (nSPS) is 11.4. The Hall–Kier alpha value is -2.16. The molecule has 104 valence electrons. The van der Waals surface area contributed by atoms with Gasteiger partial charge in [0.1, 0.15) is 0 Å². The van der Waals surface area contributed by atoms with Gasteiger partial charge in [0.05, 0.1) is 17.0 Å². The van der Waals surface area contributed by atoms with E-state index in [0.717, 1.165) is 16.8 Å². The molecule has 1 aromatic heterocycles. The first-order valence-corrected chi connectivity index (χ1v) is 6.61. The molecule has 3 nitrogen and oxygen atoms in total. The highest BCUT2D eigenvalue weighted by Gasteiger charge is 2.25. The van der Waals surface area contributed by atoms with E-state index in [9.17, 15) is 9.90 Å². The Bertz CT molecular complexity index is 640. The molecule has 20 heavy (non-hydrogen) atoms. The van der Waals surface area contributed by atoms with Crippen molar-refractivity contribution in [2.75, 3.05) is 0 Å². The Balaban J connectivity index is 2.71. The Morgan fingerprint density at radius 3 is 2.25 bits per heavy atom. The zero-order valence-electron chi connectivity index (χ0n) is 12.3. The van der Waals surface area contributed by atoms with Gasteiger partial charge in [-0.2, -0.15) is 0 Å². The van der Waals surface area contributed by atoms with Gasteiger partial charge in [0.25, 0.3) is 0 Å². The number of carboxylic acid groups (broad SMARTS) is 1. The molecule has 0 fully saturated rings. The van der Waals surface area contributed by atoms with Gasteiger partial charge < -0.3 is 5.11 Å². The van der Waals surface area contributed by atoms with Gasteiger partial charge in [0, 0.05) is 11.0 Å². The van der Waals surface area contributed by atoms with E-state index < -0.39 is 5.97 Å². The maximum absolute atomic E-state index is 11.4. The second-order valence-corrected chi connectivity index (χ2v) is 5.97. The Morgan fingerprint density at radius 2 is 1.75 bits per heavy atom. The molecule has 1 heterocycles. The first-order chi connectivity index (χ1) is 9.30. The summed E-state index contributed by atoms with van der Waals surface area (Å²) in [6.07, 6.45) is 0.